The molecule has 1 aromatic rings. The molecule has 0 aliphatic carbocycles. The molecule has 1 fully saturated rings. The molecule has 0 unspecified atom stereocenters. The van der Waals surface area contributed by atoms with Crippen LogP contribution in [0.5, 0.6) is 0 Å². The molecule has 0 radical (unpaired) electrons. The number of carbonyl (C=O) groups excluding carboxylic acids is 2. The zero-order valence-corrected chi connectivity index (χ0v) is 12.7. The Labute approximate surface area is 129 Å². The largest absolute Gasteiger partial charge is 0.453 e. The van der Waals surface area contributed by atoms with Crippen molar-refractivity contribution in [1.29, 1.82) is 0 Å². The van der Waals surface area contributed by atoms with Crippen LogP contribution in [-0.4, -0.2) is 50.1 Å². The van der Waals surface area contributed by atoms with Gasteiger partial charge in [0, 0.05) is 13.7 Å². The van der Waals surface area contributed by atoms with Crippen molar-refractivity contribution >= 4 is 12.2 Å². The molecule has 0 aromatic heterocycles. The highest BCUT2D eigenvalue weighted by atomic mass is 16.6. The molecule has 1 heterocycles. The molecule has 120 valence electrons. The number of carbonyl (C=O) groups is 2. The lowest BCUT2D eigenvalue weighted by Gasteiger charge is -2.26. The van der Waals surface area contributed by atoms with Gasteiger partial charge in [0.15, 0.2) is 6.23 Å². The lowest BCUT2D eigenvalue weighted by molar-refractivity contribution is -0.0197. The molecular formula is C15H20N2O5. The van der Waals surface area contributed by atoms with Crippen molar-refractivity contribution in [3.05, 3.63) is 35.9 Å². The quantitative estimate of drug-likeness (QED) is 0.916. The lowest BCUT2D eigenvalue weighted by atomic mass is 10.2. The normalized spacial score (nSPS) is 20.5. The van der Waals surface area contributed by atoms with Crippen molar-refractivity contribution in [3.63, 3.8) is 0 Å². The fourth-order valence-electron chi connectivity index (χ4n) is 2.41. The third-order valence-corrected chi connectivity index (χ3v) is 3.50. The first-order chi connectivity index (χ1) is 10.7. The first-order valence-corrected chi connectivity index (χ1v) is 7.00. The van der Waals surface area contributed by atoms with Gasteiger partial charge in [0.1, 0.15) is 6.61 Å². The van der Waals surface area contributed by atoms with Crippen LogP contribution in [0.1, 0.15) is 12.0 Å². The maximum absolute atomic E-state index is 12.2. The van der Waals surface area contributed by atoms with Gasteiger partial charge in [-0.1, -0.05) is 30.3 Å². The standard InChI is InChI=1S/C15H20N2O5/c1-20-13-12(16-14(18)21-2)8-9-17(13)15(19)22-10-11-6-4-3-5-7-11/h3-7,12-13H,8-10H2,1-2H3,(H,16,18)/t12-,13+/m1/s1. The molecule has 0 spiro atoms. The van der Waals surface area contributed by atoms with Gasteiger partial charge < -0.3 is 19.5 Å². The van der Waals surface area contributed by atoms with Crippen molar-refractivity contribution in [2.75, 3.05) is 20.8 Å². The summed E-state index contributed by atoms with van der Waals surface area (Å²) in [5, 5.41) is 2.65. The van der Waals surface area contributed by atoms with Crippen molar-refractivity contribution in [2.24, 2.45) is 0 Å². The van der Waals surface area contributed by atoms with E-state index in [9.17, 15) is 9.59 Å². The van der Waals surface area contributed by atoms with Crippen LogP contribution in [0, 0.1) is 0 Å². The minimum atomic E-state index is -0.567. The summed E-state index contributed by atoms with van der Waals surface area (Å²) in [6.07, 6.45) is -1.01. The second-order valence-electron chi connectivity index (χ2n) is 4.89. The zero-order chi connectivity index (χ0) is 15.9. The van der Waals surface area contributed by atoms with E-state index in [4.69, 9.17) is 9.47 Å². The third-order valence-electron chi connectivity index (χ3n) is 3.50. The van der Waals surface area contributed by atoms with E-state index in [0.29, 0.717) is 13.0 Å². The molecule has 0 saturated carbocycles. The number of methoxy groups -OCH3 is 2. The number of alkyl carbamates (subject to hydrolysis) is 1. The Morgan fingerprint density at radius 3 is 2.64 bits per heavy atom. The lowest BCUT2D eigenvalue weighted by Crippen LogP contribution is -2.47. The number of amides is 2. The molecule has 2 atom stereocenters. The van der Waals surface area contributed by atoms with E-state index < -0.39 is 18.4 Å². The smallest absolute Gasteiger partial charge is 0.412 e. The minimum absolute atomic E-state index is 0.196. The van der Waals surface area contributed by atoms with Gasteiger partial charge in [-0.2, -0.15) is 0 Å². The molecule has 0 bridgehead atoms. The second-order valence-corrected chi connectivity index (χ2v) is 4.89. The molecule has 1 aromatic carbocycles. The van der Waals surface area contributed by atoms with Gasteiger partial charge in [0.05, 0.1) is 13.2 Å². The summed E-state index contributed by atoms with van der Waals surface area (Å²) in [6.45, 7) is 0.641. The highest BCUT2D eigenvalue weighted by Crippen LogP contribution is 2.20. The fourth-order valence-corrected chi connectivity index (χ4v) is 2.41. The third kappa shape index (κ3) is 3.88. The molecule has 1 saturated heterocycles. The Bertz CT molecular complexity index is 508. The zero-order valence-electron chi connectivity index (χ0n) is 12.7. The van der Waals surface area contributed by atoms with Crippen LogP contribution in [0.3, 0.4) is 0 Å². The number of hydrogen-bond acceptors (Lipinski definition) is 5. The molecule has 1 aliphatic rings. The van der Waals surface area contributed by atoms with Crippen LogP contribution in [0.2, 0.25) is 0 Å². The van der Waals surface area contributed by atoms with Gasteiger partial charge in [0.25, 0.3) is 0 Å². The summed E-state index contributed by atoms with van der Waals surface area (Å²) in [4.78, 5) is 24.9. The predicted molar refractivity (Wildman–Crippen MR) is 78.1 cm³/mol. The van der Waals surface area contributed by atoms with Crippen LogP contribution in [-0.2, 0) is 20.8 Å². The summed E-state index contributed by atoms with van der Waals surface area (Å²) in [7, 11) is 2.78. The van der Waals surface area contributed by atoms with Gasteiger partial charge >= 0.3 is 12.2 Å². The van der Waals surface area contributed by atoms with Crippen LogP contribution in [0.4, 0.5) is 9.59 Å². The first-order valence-electron chi connectivity index (χ1n) is 7.00. The Kier molecular flexibility index (Phi) is 5.60. The van der Waals surface area contributed by atoms with Gasteiger partial charge in [-0.05, 0) is 12.0 Å². The van der Waals surface area contributed by atoms with E-state index in [0.717, 1.165) is 5.56 Å². The Morgan fingerprint density at radius 2 is 2.00 bits per heavy atom. The van der Waals surface area contributed by atoms with E-state index in [1.807, 2.05) is 30.3 Å². The van der Waals surface area contributed by atoms with Crippen molar-refractivity contribution in [2.45, 2.75) is 25.3 Å². The molecule has 1 aliphatic heterocycles. The van der Waals surface area contributed by atoms with Crippen LogP contribution in [0.15, 0.2) is 30.3 Å². The van der Waals surface area contributed by atoms with E-state index >= 15 is 0 Å². The van der Waals surface area contributed by atoms with E-state index in [2.05, 4.69) is 10.1 Å². The number of nitrogens with one attached hydrogen (secondary N) is 1. The minimum Gasteiger partial charge on any atom is -0.453 e. The maximum atomic E-state index is 12.2. The summed E-state index contributed by atoms with van der Waals surface area (Å²) < 4.78 is 15.2. The Morgan fingerprint density at radius 1 is 1.27 bits per heavy atom. The van der Waals surface area contributed by atoms with E-state index in [1.54, 1.807) is 0 Å². The number of rotatable bonds is 4. The summed E-state index contributed by atoms with van der Waals surface area (Å²) in [6, 6.07) is 9.11. The highest BCUT2D eigenvalue weighted by Gasteiger charge is 2.39. The number of likely N-dealkylation sites (tertiary alicyclic amines) is 1. The monoisotopic (exact) mass is 308 g/mol. The van der Waals surface area contributed by atoms with E-state index in [1.165, 1.54) is 19.1 Å². The van der Waals surface area contributed by atoms with Crippen molar-refractivity contribution in [3.8, 4) is 0 Å². The van der Waals surface area contributed by atoms with Gasteiger partial charge in [-0.15, -0.1) is 0 Å². The number of ether oxygens (including phenoxy) is 3. The summed E-state index contributed by atoms with van der Waals surface area (Å²) in [5.41, 5.74) is 0.910. The van der Waals surface area contributed by atoms with Crippen molar-refractivity contribution < 1.29 is 23.8 Å². The average Bonchev–Trinajstić information content (AvgIpc) is 2.96. The Balaban J connectivity index is 1.90. The van der Waals surface area contributed by atoms with Gasteiger partial charge in [-0.25, -0.2) is 9.59 Å². The first kappa shape index (κ1) is 16.1. The van der Waals surface area contributed by atoms with Crippen LogP contribution >= 0.6 is 0 Å². The van der Waals surface area contributed by atoms with E-state index in [-0.39, 0.29) is 12.6 Å². The second kappa shape index (κ2) is 7.65. The van der Waals surface area contributed by atoms with Crippen LogP contribution < -0.4 is 5.32 Å². The molecule has 22 heavy (non-hydrogen) atoms. The molecular weight excluding hydrogens is 288 g/mol. The predicted octanol–water partition coefficient (Wildman–Crippen LogP) is 1.73. The molecule has 7 nitrogen and oxygen atoms in total. The van der Waals surface area contributed by atoms with Gasteiger partial charge in [0.2, 0.25) is 0 Å². The molecule has 2 rings (SSSR count). The van der Waals surface area contributed by atoms with Crippen molar-refractivity contribution in [1.82, 2.24) is 10.2 Å². The number of hydrogen-bond donors (Lipinski definition) is 1. The fraction of sp³-hybridized carbons (Fsp3) is 0.467. The highest BCUT2D eigenvalue weighted by molar-refractivity contribution is 5.70. The average molecular weight is 308 g/mol. The summed E-state index contributed by atoms with van der Waals surface area (Å²) >= 11 is 0. The molecule has 2 amide bonds. The Hall–Kier alpha value is -2.28. The van der Waals surface area contributed by atoms with Crippen LogP contribution in [0.25, 0.3) is 0 Å². The number of benzene rings is 1. The summed E-state index contributed by atoms with van der Waals surface area (Å²) in [5.74, 6) is 0. The topological polar surface area (TPSA) is 77.1 Å². The SMILES string of the molecule is COC(=O)N[C@@H]1CCN(C(=O)OCc2ccccc2)[C@H]1OC. The molecule has 1 N–H and O–H groups in total. The molecule has 7 heteroatoms. The van der Waals surface area contributed by atoms with Gasteiger partial charge in [-0.3, -0.25) is 4.90 Å². The maximum Gasteiger partial charge on any atom is 0.412 e. The number of nitrogens with zero attached hydrogens (tertiary/aromatic N) is 1.